The van der Waals surface area contributed by atoms with Gasteiger partial charge in [-0.05, 0) is 26.4 Å². The van der Waals surface area contributed by atoms with Crippen molar-refractivity contribution >= 4 is 11.9 Å². The number of methoxy groups -OCH3 is 1. The third-order valence-electron chi connectivity index (χ3n) is 3.51. The first-order valence-corrected chi connectivity index (χ1v) is 6.53. The molecule has 1 saturated heterocycles. The summed E-state index contributed by atoms with van der Waals surface area (Å²) < 4.78 is 5.10. The highest BCUT2D eigenvalue weighted by Gasteiger charge is 2.23. The summed E-state index contributed by atoms with van der Waals surface area (Å²) >= 11 is 0. The Balaban J connectivity index is 2.11. The van der Waals surface area contributed by atoms with Gasteiger partial charge in [0, 0.05) is 26.7 Å². The summed E-state index contributed by atoms with van der Waals surface area (Å²) in [5.74, 6) is 1.16. The van der Waals surface area contributed by atoms with E-state index in [1.165, 1.54) is 19.4 Å². The molecule has 1 aliphatic heterocycles. The van der Waals surface area contributed by atoms with E-state index >= 15 is 0 Å². The maximum absolute atomic E-state index is 5.10. The average molecular weight is 266 g/mol. The molecule has 1 aromatic rings. The average Bonchev–Trinajstić information content (AvgIpc) is 2.83. The third-order valence-corrected chi connectivity index (χ3v) is 3.51. The number of ether oxygens (including phenoxy) is 1. The minimum Gasteiger partial charge on any atom is -0.467 e. The minimum atomic E-state index is 0.334. The Morgan fingerprint density at radius 1 is 1.42 bits per heavy atom. The van der Waals surface area contributed by atoms with Crippen LogP contribution in [0.2, 0.25) is 0 Å². The molecule has 1 N–H and O–H groups in total. The van der Waals surface area contributed by atoms with Gasteiger partial charge < -0.3 is 19.9 Å². The third kappa shape index (κ3) is 3.23. The van der Waals surface area contributed by atoms with Crippen molar-refractivity contribution in [2.45, 2.75) is 18.9 Å². The molecule has 106 valence electrons. The Kier molecular flexibility index (Phi) is 4.36. The first-order valence-electron chi connectivity index (χ1n) is 6.53. The predicted octanol–water partition coefficient (Wildman–Crippen LogP) is 0.452. The maximum atomic E-state index is 5.10. The van der Waals surface area contributed by atoms with Gasteiger partial charge in [0.15, 0.2) is 0 Å². The molecule has 1 aromatic heterocycles. The van der Waals surface area contributed by atoms with Crippen LogP contribution >= 0.6 is 0 Å². The smallest absolute Gasteiger partial charge is 0.322 e. The quantitative estimate of drug-likeness (QED) is 0.830. The van der Waals surface area contributed by atoms with Crippen molar-refractivity contribution in [1.82, 2.24) is 19.9 Å². The summed E-state index contributed by atoms with van der Waals surface area (Å²) in [6, 6.07) is 0.895. The molecule has 0 aliphatic carbocycles. The molecule has 0 saturated carbocycles. The molecular formula is C12H22N6O. The molecule has 1 atom stereocenters. The first kappa shape index (κ1) is 13.8. The Bertz CT molecular complexity index is 404. The molecule has 1 fully saturated rings. The topological polar surface area (TPSA) is 66.4 Å². The summed E-state index contributed by atoms with van der Waals surface area (Å²) in [4.78, 5) is 17.2. The van der Waals surface area contributed by atoms with Crippen LogP contribution in [0.25, 0.3) is 0 Å². The Hall–Kier alpha value is -1.63. The molecule has 2 rings (SSSR count). The first-order chi connectivity index (χ1) is 9.13. The van der Waals surface area contributed by atoms with E-state index in [0.29, 0.717) is 23.9 Å². The van der Waals surface area contributed by atoms with E-state index in [4.69, 9.17) is 4.74 Å². The fourth-order valence-corrected chi connectivity index (χ4v) is 2.33. The van der Waals surface area contributed by atoms with Crippen LogP contribution in [-0.2, 0) is 0 Å². The molecule has 1 aliphatic rings. The van der Waals surface area contributed by atoms with E-state index in [9.17, 15) is 0 Å². The molecule has 0 aromatic carbocycles. The molecular weight excluding hydrogens is 244 g/mol. The van der Waals surface area contributed by atoms with Gasteiger partial charge in [0.05, 0.1) is 7.11 Å². The second kappa shape index (κ2) is 6.01. The van der Waals surface area contributed by atoms with Gasteiger partial charge in [-0.1, -0.05) is 0 Å². The van der Waals surface area contributed by atoms with Crippen LogP contribution in [-0.4, -0.2) is 67.2 Å². The van der Waals surface area contributed by atoms with Gasteiger partial charge in [-0.15, -0.1) is 0 Å². The normalized spacial score (nSPS) is 19.5. The van der Waals surface area contributed by atoms with E-state index in [-0.39, 0.29) is 0 Å². The van der Waals surface area contributed by atoms with Gasteiger partial charge in [0.2, 0.25) is 11.9 Å². The van der Waals surface area contributed by atoms with Gasteiger partial charge in [-0.25, -0.2) is 0 Å². The summed E-state index contributed by atoms with van der Waals surface area (Å²) in [5.41, 5.74) is 0. The highest BCUT2D eigenvalue weighted by atomic mass is 16.5. The summed E-state index contributed by atoms with van der Waals surface area (Å²) in [6.07, 6.45) is 2.49. The van der Waals surface area contributed by atoms with Crippen LogP contribution in [0.5, 0.6) is 6.01 Å². The number of likely N-dealkylation sites (N-methyl/N-ethyl adjacent to an activating group) is 2. The second-order valence-electron chi connectivity index (χ2n) is 4.85. The van der Waals surface area contributed by atoms with Gasteiger partial charge in [-0.2, -0.15) is 15.0 Å². The van der Waals surface area contributed by atoms with Crippen LogP contribution in [0.4, 0.5) is 11.9 Å². The number of hydrogen-bond acceptors (Lipinski definition) is 7. The zero-order chi connectivity index (χ0) is 13.8. The number of nitrogens with one attached hydrogen (secondary N) is 1. The van der Waals surface area contributed by atoms with E-state index in [0.717, 1.165) is 6.54 Å². The summed E-state index contributed by atoms with van der Waals surface area (Å²) in [6.45, 7) is 2.08. The number of rotatable bonds is 5. The van der Waals surface area contributed by atoms with Crippen molar-refractivity contribution < 1.29 is 4.74 Å². The van der Waals surface area contributed by atoms with E-state index in [1.54, 1.807) is 14.2 Å². The van der Waals surface area contributed by atoms with Crippen molar-refractivity contribution in [2.24, 2.45) is 0 Å². The molecule has 0 amide bonds. The highest BCUT2D eigenvalue weighted by molar-refractivity contribution is 5.37. The lowest BCUT2D eigenvalue weighted by molar-refractivity contribution is 0.313. The monoisotopic (exact) mass is 266 g/mol. The van der Waals surface area contributed by atoms with Crippen LogP contribution in [0.1, 0.15) is 12.8 Å². The number of anilines is 2. The van der Waals surface area contributed by atoms with Crippen molar-refractivity contribution in [3.05, 3.63) is 0 Å². The van der Waals surface area contributed by atoms with Gasteiger partial charge in [0.25, 0.3) is 0 Å². The molecule has 0 radical (unpaired) electrons. The van der Waals surface area contributed by atoms with Crippen molar-refractivity contribution in [1.29, 1.82) is 0 Å². The van der Waals surface area contributed by atoms with Crippen LogP contribution < -0.4 is 15.0 Å². The Morgan fingerprint density at radius 2 is 2.21 bits per heavy atom. The molecule has 19 heavy (non-hydrogen) atoms. The van der Waals surface area contributed by atoms with Crippen molar-refractivity contribution in [3.63, 3.8) is 0 Å². The lowest BCUT2D eigenvalue weighted by atomic mass is 10.2. The van der Waals surface area contributed by atoms with Crippen LogP contribution in [0.15, 0.2) is 0 Å². The van der Waals surface area contributed by atoms with E-state index < -0.39 is 0 Å². The molecule has 0 bridgehead atoms. The molecule has 7 nitrogen and oxygen atoms in total. The summed E-state index contributed by atoms with van der Waals surface area (Å²) in [5, 5.41) is 2.92. The van der Waals surface area contributed by atoms with Crippen molar-refractivity contribution in [3.8, 4) is 6.01 Å². The molecule has 1 unspecified atom stereocenters. The van der Waals surface area contributed by atoms with Crippen LogP contribution in [0, 0.1) is 0 Å². The molecule has 2 heterocycles. The lowest BCUT2D eigenvalue weighted by Gasteiger charge is -2.25. The SMILES string of the molecule is CNc1nc(OC)nc(N(C)CC2CCCN2C)n1. The zero-order valence-electron chi connectivity index (χ0n) is 12.1. The van der Waals surface area contributed by atoms with Gasteiger partial charge in [-0.3, -0.25) is 0 Å². The Labute approximate surface area is 114 Å². The fraction of sp³-hybridized carbons (Fsp3) is 0.750. The standard InChI is InChI=1S/C12H22N6O/c1-13-10-14-11(16-12(15-10)19-4)18(3)8-9-6-5-7-17(9)2/h9H,5-8H2,1-4H3,(H,13,14,15,16). The number of likely N-dealkylation sites (tertiary alicyclic amines) is 1. The zero-order valence-corrected chi connectivity index (χ0v) is 12.1. The van der Waals surface area contributed by atoms with Crippen LogP contribution in [0.3, 0.4) is 0 Å². The molecule has 7 heteroatoms. The lowest BCUT2D eigenvalue weighted by Crippen LogP contribution is -2.37. The van der Waals surface area contributed by atoms with Crippen molar-refractivity contribution in [2.75, 3.05) is 51.6 Å². The van der Waals surface area contributed by atoms with Gasteiger partial charge in [0.1, 0.15) is 0 Å². The maximum Gasteiger partial charge on any atom is 0.322 e. The largest absolute Gasteiger partial charge is 0.467 e. The Morgan fingerprint density at radius 3 is 2.79 bits per heavy atom. The predicted molar refractivity (Wildman–Crippen MR) is 74.8 cm³/mol. The minimum absolute atomic E-state index is 0.334. The number of hydrogen-bond donors (Lipinski definition) is 1. The van der Waals surface area contributed by atoms with E-state index in [2.05, 4.69) is 37.1 Å². The summed E-state index contributed by atoms with van der Waals surface area (Å²) in [7, 11) is 7.51. The fourth-order valence-electron chi connectivity index (χ4n) is 2.33. The molecule has 0 spiro atoms. The second-order valence-corrected chi connectivity index (χ2v) is 4.85. The number of nitrogens with zero attached hydrogens (tertiary/aromatic N) is 5. The highest BCUT2D eigenvalue weighted by Crippen LogP contribution is 2.19. The number of aromatic nitrogens is 3. The van der Waals surface area contributed by atoms with E-state index in [1.807, 2.05) is 7.05 Å². The van der Waals surface area contributed by atoms with Gasteiger partial charge >= 0.3 is 6.01 Å².